The molecule has 3 heterocycles. The lowest BCUT2D eigenvalue weighted by molar-refractivity contribution is -0.146. The molecule has 1 aromatic heterocycles. The van der Waals surface area contributed by atoms with Gasteiger partial charge in [0, 0.05) is 57.4 Å². The van der Waals surface area contributed by atoms with E-state index in [4.69, 9.17) is 0 Å². The van der Waals surface area contributed by atoms with E-state index in [2.05, 4.69) is 20.5 Å². The molecule has 0 bridgehead atoms. The summed E-state index contributed by atoms with van der Waals surface area (Å²) in [5, 5.41) is 10.4. The van der Waals surface area contributed by atoms with Crippen molar-refractivity contribution in [2.45, 2.75) is 19.9 Å². The van der Waals surface area contributed by atoms with Gasteiger partial charge in [-0.25, -0.2) is 0 Å². The maximum atomic E-state index is 12.7. The van der Waals surface area contributed by atoms with Gasteiger partial charge in [-0.05, 0) is 30.2 Å². The van der Waals surface area contributed by atoms with Gasteiger partial charge >= 0.3 is 5.97 Å². The molecule has 0 radical (unpaired) electrons. The predicted octanol–water partition coefficient (Wildman–Crippen LogP) is 1.80. The highest BCUT2D eigenvalue weighted by Gasteiger charge is 2.38. The number of amides is 1. The van der Waals surface area contributed by atoms with Crippen LogP contribution < -0.4 is 0 Å². The van der Waals surface area contributed by atoms with Crippen molar-refractivity contribution in [3.05, 3.63) is 35.5 Å². The van der Waals surface area contributed by atoms with Gasteiger partial charge in [0.25, 0.3) is 0 Å². The smallest absolute Gasteiger partial charge is 0.315 e. The number of ketones is 1. The Labute approximate surface area is 187 Å². The number of likely N-dealkylation sites (tertiary alicyclic amines) is 1. The van der Waals surface area contributed by atoms with Gasteiger partial charge in [0.2, 0.25) is 5.91 Å². The number of nitrogens with zero attached hydrogens (tertiary/aromatic N) is 4. The Balaban J connectivity index is 1.55. The van der Waals surface area contributed by atoms with Gasteiger partial charge in [-0.3, -0.25) is 24.3 Å². The van der Waals surface area contributed by atoms with Crippen molar-refractivity contribution in [3.63, 3.8) is 0 Å². The van der Waals surface area contributed by atoms with Crippen molar-refractivity contribution in [1.29, 1.82) is 0 Å². The third-order valence-corrected chi connectivity index (χ3v) is 6.74. The van der Waals surface area contributed by atoms with Gasteiger partial charge in [0.1, 0.15) is 5.92 Å². The van der Waals surface area contributed by atoms with Crippen LogP contribution in [-0.2, 0) is 28.0 Å². The fourth-order valence-corrected chi connectivity index (χ4v) is 4.82. The fraction of sp³-hybridized carbons (Fsp3) is 0.500. The minimum Gasteiger partial charge on any atom is -0.481 e. The molecule has 1 aromatic carbocycles. The number of hydrogen-bond donors (Lipinski definition) is 1. The Morgan fingerprint density at radius 1 is 1.22 bits per heavy atom. The number of Topliss-reactive ketones (excluding diaryl/α,β-unsaturated/α-hetero) is 1. The highest BCUT2D eigenvalue weighted by molar-refractivity contribution is 6.19. The summed E-state index contributed by atoms with van der Waals surface area (Å²) in [6, 6.07) is 8.19. The highest BCUT2D eigenvalue weighted by atomic mass is 16.4. The molecule has 1 saturated heterocycles. The highest BCUT2D eigenvalue weighted by Crippen LogP contribution is 2.28. The summed E-state index contributed by atoms with van der Waals surface area (Å²) in [6.07, 6.45) is 0.529. The van der Waals surface area contributed by atoms with E-state index in [0.29, 0.717) is 12.1 Å². The monoisotopic (exact) mass is 438 g/mol. The molecule has 32 heavy (non-hydrogen) atoms. The number of aliphatic imine (C=N–C) groups is 1. The van der Waals surface area contributed by atoms with Gasteiger partial charge in [0.05, 0.1) is 24.1 Å². The van der Waals surface area contributed by atoms with E-state index >= 15 is 0 Å². The molecule has 2 aliphatic rings. The number of carbonyl (C=O) groups is 3. The maximum absolute atomic E-state index is 12.7. The Kier molecular flexibility index (Phi) is 5.90. The maximum Gasteiger partial charge on any atom is 0.315 e. The van der Waals surface area contributed by atoms with Crippen LogP contribution in [0.2, 0.25) is 0 Å². The number of fused-ring (bicyclic) bond motifs is 1. The molecule has 2 aromatic rings. The van der Waals surface area contributed by atoms with Crippen LogP contribution >= 0.6 is 0 Å². The zero-order valence-electron chi connectivity index (χ0n) is 19.0. The van der Waals surface area contributed by atoms with E-state index in [1.165, 1.54) is 0 Å². The number of carboxylic acids is 1. The second-order valence-electron chi connectivity index (χ2n) is 9.07. The van der Waals surface area contributed by atoms with E-state index in [0.717, 1.165) is 41.8 Å². The van der Waals surface area contributed by atoms with Crippen molar-refractivity contribution in [3.8, 4) is 0 Å². The largest absolute Gasteiger partial charge is 0.481 e. The summed E-state index contributed by atoms with van der Waals surface area (Å²) in [4.78, 5) is 44.6. The normalized spacial score (nSPS) is 22.0. The number of carboxylic acid groups (broad SMARTS) is 1. The van der Waals surface area contributed by atoms with Crippen molar-refractivity contribution in [2.75, 3.05) is 33.7 Å². The van der Waals surface area contributed by atoms with Gasteiger partial charge in [-0.1, -0.05) is 13.0 Å². The molecule has 8 heteroatoms. The van der Waals surface area contributed by atoms with E-state index < -0.39 is 17.8 Å². The van der Waals surface area contributed by atoms with E-state index in [9.17, 15) is 19.5 Å². The Hall–Kier alpha value is -3.00. The quantitative estimate of drug-likeness (QED) is 0.694. The summed E-state index contributed by atoms with van der Waals surface area (Å²) in [5.41, 5.74) is 3.81. The minimum absolute atomic E-state index is 0.000127. The van der Waals surface area contributed by atoms with Crippen LogP contribution in [0.3, 0.4) is 0 Å². The van der Waals surface area contributed by atoms with E-state index in [-0.39, 0.29) is 24.2 Å². The first-order chi connectivity index (χ1) is 15.2. The standard InChI is InChI=1S/C24H30N4O4/c1-5-18-21(25-10-19(22(18)29)24(31)32)14-6-7-20-15(8-14)9-17(27(20)4)13-28-11-16(12-28)23(30)26(2)3/h6-9,16,18-19H,5,10-13H2,1-4H3,(H,31,32). The van der Waals surface area contributed by atoms with Crippen molar-refractivity contribution in [2.24, 2.45) is 29.8 Å². The minimum atomic E-state index is -1.10. The van der Waals surface area contributed by atoms with Gasteiger partial charge in [-0.15, -0.1) is 0 Å². The van der Waals surface area contributed by atoms with Gasteiger partial charge in [0.15, 0.2) is 5.78 Å². The molecule has 170 valence electrons. The number of benzene rings is 1. The summed E-state index contributed by atoms with van der Waals surface area (Å²) in [6.45, 7) is 4.20. The van der Waals surface area contributed by atoms with Gasteiger partial charge in [-0.2, -0.15) is 0 Å². The van der Waals surface area contributed by atoms with Gasteiger partial charge < -0.3 is 14.6 Å². The first-order valence-corrected chi connectivity index (χ1v) is 11.0. The molecular formula is C24H30N4O4. The second kappa shape index (κ2) is 8.50. The van der Waals surface area contributed by atoms with E-state index in [1.807, 2.05) is 32.2 Å². The van der Waals surface area contributed by atoms with Crippen molar-refractivity contribution in [1.82, 2.24) is 14.4 Å². The van der Waals surface area contributed by atoms with Crippen LogP contribution in [0.4, 0.5) is 0 Å². The number of aliphatic carboxylic acids is 1. The molecule has 4 rings (SSSR count). The van der Waals surface area contributed by atoms with Crippen LogP contribution in [-0.4, -0.2) is 76.6 Å². The predicted molar refractivity (Wildman–Crippen MR) is 122 cm³/mol. The summed E-state index contributed by atoms with van der Waals surface area (Å²) < 4.78 is 2.16. The molecule has 1 fully saturated rings. The zero-order valence-corrected chi connectivity index (χ0v) is 19.0. The number of hydrogen-bond acceptors (Lipinski definition) is 5. The lowest BCUT2D eigenvalue weighted by Crippen LogP contribution is -2.52. The summed E-state index contributed by atoms with van der Waals surface area (Å²) in [7, 11) is 5.62. The van der Waals surface area contributed by atoms with Crippen LogP contribution in [0, 0.1) is 17.8 Å². The third-order valence-electron chi connectivity index (χ3n) is 6.74. The number of carbonyl (C=O) groups excluding carboxylic acids is 2. The van der Waals surface area contributed by atoms with Crippen LogP contribution in [0.25, 0.3) is 10.9 Å². The van der Waals surface area contributed by atoms with E-state index in [1.54, 1.807) is 19.0 Å². The fourth-order valence-electron chi connectivity index (χ4n) is 4.82. The molecular weight excluding hydrogens is 408 g/mol. The molecule has 0 spiro atoms. The lowest BCUT2D eigenvalue weighted by atomic mass is 9.82. The first-order valence-electron chi connectivity index (χ1n) is 11.0. The summed E-state index contributed by atoms with van der Waals surface area (Å²) >= 11 is 0. The van der Waals surface area contributed by atoms with Crippen LogP contribution in [0.5, 0.6) is 0 Å². The lowest BCUT2D eigenvalue weighted by Gasteiger charge is -2.39. The van der Waals surface area contributed by atoms with Crippen molar-refractivity contribution >= 4 is 34.3 Å². The Bertz CT molecular complexity index is 1110. The first kappa shape index (κ1) is 22.2. The topological polar surface area (TPSA) is 95.2 Å². The average molecular weight is 439 g/mol. The second-order valence-corrected chi connectivity index (χ2v) is 9.07. The Morgan fingerprint density at radius 2 is 1.94 bits per heavy atom. The third kappa shape index (κ3) is 3.83. The molecule has 1 N–H and O–H groups in total. The SMILES string of the molecule is CCC1C(=O)C(C(=O)O)CN=C1c1ccc2c(c1)cc(CN1CC(C(=O)N(C)C)C1)n2C. The molecule has 0 aliphatic carbocycles. The van der Waals surface area contributed by atoms with Crippen LogP contribution in [0.1, 0.15) is 24.6 Å². The number of aryl methyl sites for hydroxylation is 1. The summed E-state index contributed by atoms with van der Waals surface area (Å²) in [5.74, 6) is -2.62. The molecule has 2 aliphatic heterocycles. The average Bonchev–Trinajstić information content (AvgIpc) is 3.03. The molecule has 8 nitrogen and oxygen atoms in total. The molecule has 2 atom stereocenters. The van der Waals surface area contributed by atoms with Crippen molar-refractivity contribution < 1.29 is 19.5 Å². The number of rotatable bonds is 6. The molecule has 1 amide bonds. The molecule has 2 unspecified atom stereocenters. The molecule has 0 saturated carbocycles. The van der Waals surface area contributed by atoms with Crippen LogP contribution in [0.15, 0.2) is 29.3 Å². The Morgan fingerprint density at radius 3 is 2.56 bits per heavy atom. The number of aromatic nitrogens is 1. The zero-order chi connectivity index (χ0) is 23.2.